The molecule has 1 aliphatic rings. The molecule has 1 heterocycles. The quantitative estimate of drug-likeness (QED) is 0.602. The number of carbonyl (C=O) groups is 1. The van der Waals surface area contributed by atoms with E-state index in [-0.39, 0.29) is 16.5 Å². The van der Waals surface area contributed by atoms with Crippen molar-refractivity contribution >= 4 is 29.1 Å². The zero-order chi connectivity index (χ0) is 14.0. The summed E-state index contributed by atoms with van der Waals surface area (Å²) in [5.41, 5.74) is -0.280. The molecular weight excluding hydrogens is 295 g/mol. The maximum Gasteiger partial charge on any atom is 0.256 e. The van der Waals surface area contributed by atoms with Crippen LogP contribution in [0.25, 0.3) is 0 Å². The Morgan fingerprint density at radius 1 is 1.37 bits per heavy atom. The molecule has 0 saturated carbocycles. The van der Waals surface area contributed by atoms with E-state index in [9.17, 15) is 13.6 Å². The van der Waals surface area contributed by atoms with E-state index in [1.54, 1.807) is 0 Å². The summed E-state index contributed by atoms with van der Waals surface area (Å²) in [4.78, 5) is 13.7. The molecule has 1 saturated heterocycles. The Balaban J connectivity index is 2.22. The van der Waals surface area contributed by atoms with Gasteiger partial charge in [-0.25, -0.2) is 8.78 Å². The molecule has 19 heavy (non-hydrogen) atoms. The predicted octanol–water partition coefficient (Wildman–Crippen LogP) is 3.71. The van der Waals surface area contributed by atoms with Gasteiger partial charge in [0.05, 0.1) is 10.6 Å². The molecule has 1 fully saturated rings. The Bertz CT molecular complexity index is 496. The van der Waals surface area contributed by atoms with Gasteiger partial charge in [-0.15, -0.1) is 11.6 Å². The molecule has 1 atom stereocenters. The minimum atomic E-state index is -0.801. The molecule has 0 N–H and O–H groups in total. The van der Waals surface area contributed by atoms with E-state index >= 15 is 0 Å². The number of alkyl halides is 1. The fourth-order valence-corrected chi connectivity index (χ4v) is 2.63. The van der Waals surface area contributed by atoms with E-state index in [4.69, 9.17) is 23.2 Å². The second kappa shape index (κ2) is 6.06. The normalized spacial score (nSPS) is 19.6. The summed E-state index contributed by atoms with van der Waals surface area (Å²) in [6.45, 7) is 1.02. The summed E-state index contributed by atoms with van der Waals surface area (Å²) >= 11 is 11.2. The number of halogens is 4. The first-order valence-corrected chi connectivity index (χ1v) is 6.94. The van der Waals surface area contributed by atoms with Gasteiger partial charge in [0.25, 0.3) is 5.91 Å². The average Bonchev–Trinajstić information content (AvgIpc) is 2.42. The molecule has 1 aromatic rings. The van der Waals surface area contributed by atoms with Crippen LogP contribution < -0.4 is 0 Å². The van der Waals surface area contributed by atoms with E-state index in [1.165, 1.54) is 4.90 Å². The maximum atomic E-state index is 13.7. The lowest BCUT2D eigenvalue weighted by Crippen LogP contribution is -2.40. The number of amides is 1. The molecule has 0 radical (unpaired) electrons. The highest BCUT2D eigenvalue weighted by molar-refractivity contribution is 6.30. The summed E-state index contributed by atoms with van der Waals surface area (Å²) in [5.74, 6) is -1.44. The van der Waals surface area contributed by atoms with Crippen molar-refractivity contribution in [1.29, 1.82) is 0 Å². The molecule has 0 bridgehead atoms. The van der Waals surface area contributed by atoms with Crippen LogP contribution in [-0.4, -0.2) is 29.8 Å². The van der Waals surface area contributed by atoms with Gasteiger partial charge in [0.15, 0.2) is 0 Å². The highest BCUT2D eigenvalue weighted by Crippen LogP contribution is 2.23. The van der Waals surface area contributed by atoms with Gasteiger partial charge in [0.1, 0.15) is 11.6 Å². The van der Waals surface area contributed by atoms with Gasteiger partial charge in [-0.1, -0.05) is 11.6 Å². The smallest absolute Gasteiger partial charge is 0.256 e. The van der Waals surface area contributed by atoms with E-state index in [0.29, 0.717) is 19.0 Å². The largest absolute Gasteiger partial charge is 0.338 e. The van der Waals surface area contributed by atoms with Crippen molar-refractivity contribution in [2.24, 2.45) is 5.92 Å². The number of hydrogen-bond donors (Lipinski definition) is 0. The maximum absolute atomic E-state index is 13.7. The molecule has 0 aromatic heterocycles. The third-order valence-corrected chi connectivity index (χ3v) is 3.99. The van der Waals surface area contributed by atoms with Crippen molar-refractivity contribution in [2.75, 3.05) is 19.0 Å². The first-order valence-electron chi connectivity index (χ1n) is 6.02. The molecule has 6 heteroatoms. The Labute approximate surface area is 120 Å². The zero-order valence-electron chi connectivity index (χ0n) is 10.1. The average molecular weight is 308 g/mol. The Morgan fingerprint density at radius 3 is 2.79 bits per heavy atom. The molecular formula is C13H13Cl2F2NO. The van der Waals surface area contributed by atoms with Crippen LogP contribution in [0.2, 0.25) is 5.02 Å². The molecule has 1 amide bonds. The fraction of sp³-hybridized carbons (Fsp3) is 0.462. The van der Waals surface area contributed by atoms with Gasteiger partial charge in [0.2, 0.25) is 0 Å². The topological polar surface area (TPSA) is 20.3 Å². The van der Waals surface area contributed by atoms with Crippen LogP contribution in [0.4, 0.5) is 8.78 Å². The van der Waals surface area contributed by atoms with Crippen molar-refractivity contribution in [3.63, 3.8) is 0 Å². The number of piperidine rings is 1. The first-order chi connectivity index (χ1) is 9.02. The minimum Gasteiger partial charge on any atom is -0.338 e. The van der Waals surface area contributed by atoms with Crippen LogP contribution in [0.5, 0.6) is 0 Å². The van der Waals surface area contributed by atoms with Crippen LogP contribution in [0.1, 0.15) is 23.2 Å². The molecule has 1 aromatic carbocycles. The second-order valence-corrected chi connectivity index (χ2v) is 5.38. The summed E-state index contributed by atoms with van der Waals surface area (Å²) in [6, 6.07) is 1.68. The third kappa shape index (κ3) is 3.18. The Morgan fingerprint density at radius 2 is 2.11 bits per heavy atom. The summed E-state index contributed by atoms with van der Waals surface area (Å²) in [5, 5.41) is -0.327. The summed E-state index contributed by atoms with van der Waals surface area (Å²) in [7, 11) is 0. The van der Waals surface area contributed by atoms with Crippen molar-refractivity contribution in [3.05, 3.63) is 34.4 Å². The van der Waals surface area contributed by atoms with Gasteiger partial charge >= 0.3 is 0 Å². The molecule has 1 aliphatic heterocycles. The predicted molar refractivity (Wildman–Crippen MR) is 70.7 cm³/mol. The summed E-state index contributed by atoms with van der Waals surface area (Å²) in [6.07, 6.45) is 1.77. The lowest BCUT2D eigenvalue weighted by Gasteiger charge is -2.32. The summed E-state index contributed by atoms with van der Waals surface area (Å²) < 4.78 is 27.0. The van der Waals surface area contributed by atoms with Crippen molar-refractivity contribution in [3.8, 4) is 0 Å². The number of hydrogen-bond acceptors (Lipinski definition) is 1. The van der Waals surface area contributed by atoms with E-state index in [1.807, 2.05) is 0 Å². The fourth-order valence-electron chi connectivity index (χ4n) is 2.23. The number of benzene rings is 1. The number of rotatable bonds is 2. The molecule has 2 rings (SSSR count). The van der Waals surface area contributed by atoms with Crippen LogP contribution in [0.15, 0.2) is 12.1 Å². The lowest BCUT2D eigenvalue weighted by molar-refractivity contribution is 0.0679. The Kier molecular flexibility index (Phi) is 4.63. The van der Waals surface area contributed by atoms with Gasteiger partial charge in [-0.05, 0) is 30.9 Å². The highest BCUT2D eigenvalue weighted by atomic mass is 35.5. The van der Waals surface area contributed by atoms with Crippen LogP contribution >= 0.6 is 23.2 Å². The van der Waals surface area contributed by atoms with E-state index in [0.717, 1.165) is 25.0 Å². The van der Waals surface area contributed by atoms with Crippen LogP contribution in [0.3, 0.4) is 0 Å². The zero-order valence-corrected chi connectivity index (χ0v) is 11.6. The van der Waals surface area contributed by atoms with Gasteiger partial charge in [-0.2, -0.15) is 0 Å². The third-order valence-electron chi connectivity index (χ3n) is 3.26. The SMILES string of the molecule is O=C(c1cc(F)c(Cl)cc1F)N1CCCC(CCl)C1. The first kappa shape index (κ1) is 14.5. The molecule has 104 valence electrons. The van der Waals surface area contributed by atoms with Gasteiger partial charge < -0.3 is 4.90 Å². The second-order valence-electron chi connectivity index (χ2n) is 4.66. The minimum absolute atomic E-state index is 0.208. The van der Waals surface area contributed by atoms with Crippen LogP contribution in [-0.2, 0) is 0 Å². The highest BCUT2D eigenvalue weighted by Gasteiger charge is 2.26. The number of likely N-dealkylation sites (tertiary alicyclic amines) is 1. The molecule has 1 unspecified atom stereocenters. The molecule has 2 nitrogen and oxygen atoms in total. The molecule has 0 spiro atoms. The van der Waals surface area contributed by atoms with Crippen molar-refractivity contribution in [1.82, 2.24) is 4.90 Å². The van der Waals surface area contributed by atoms with Crippen molar-refractivity contribution in [2.45, 2.75) is 12.8 Å². The number of nitrogens with zero attached hydrogens (tertiary/aromatic N) is 1. The monoisotopic (exact) mass is 307 g/mol. The van der Waals surface area contributed by atoms with E-state index < -0.39 is 17.5 Å². The lowest BCUT2D eigenvalue weighted by atomic mass is 9.99. The molecule has 0 aliphatic carbocycles. The van der Waals surface area contributed by atoms with Gasteiger partial charge in [0, 0.05) is 19.0 Å². The van der Waals surface area contributed by atoms with Crippen molar-refractivity contribution < 1.29 is 13.6 Å². The standard InChI is InChI=1S/C13H13Cl2F2NO/c14-6-8-2-1-3-18(7-8)13(19)9-4-12(17)10(15)5-11(9)16/h4-5,8H,1-3,6-7H2. The van der Waals surface area contributed by atoms with Gasteiger partial charge in [-0.3, -0.25) is 4.79 Å². The number of carbonyl (C=O) groups excluding carboxylic acids is 1. The van der Waals surface area contributed by atoms with Crippen LogP contribution in [0, 0.1) is 17.6 Å². The van der Waals surface area contributed by atoms with E-state index in [2.05, 4.69) is 0 Å². The Hall–Kier alpha value is -0.870.